The molecule has 3 saturated heterocycles. The number of fused-ring (bicyclic) bond motifs is 7. The van der Waals surface area contributed by atoms with E-state index in [2.05, 4.69) is 88.6 Å². The van der Waals surface area contributed by atoms with Gasteiger partial charge in [-0.15, -0.1) is 11.8 Å². The van der Waals surface area contributed by atoms with Crippen LogP contribution in [0.1, 0.15) is 60.7 Å². The van der Waals surface area contributed by atoms with Crippen LogP contribution in [0, 0.1) is 0 Å². The van der Waals surface area contributed by atoms with Crippen LogP contribution in [0.2, 0.25) is 0 Å². The molecule has 532 valence electrons. The van der Waals surface area contributed by atoms with E-state index < -0.39 is 174 Å². The molecule has 7 aromatic rings. The molecule has 2 bridgehead atoms. The summed E-state index contributed by atoms with van der Waals surface area (Å²) in [6.07, 6.45) is 5.17. The number of rotatable bonds is 16. The molecule has 3 aliphatic heterocycles. The van der Waals surface area contributed by atoms with E-state index in [1.54, 1.807) is 91.3 Å². The summed E-state index contributed by atoms with van der Waals surface area (Å²) < 4.78 is 0. The monoisotopic (exact) mass is 1440 g/mol. The number of carbonyl (C=O) groups is 13. The molecule has 0 spiro atoms. The number of hydrazine groups is 1. The summed E-state index contributed by atoms with van der Waals surface area (Å²) in [5, 5.41) is 43.0. The highest BCUT2D eigenvalue weighted by atomic mass is 33.1. The molecule has 3 aromatic carbocycles. The summed E-state index contributed by atoms with van der Waals surface area (Å²) >= 11 is 1.16. The first-order chi connectivity index (χ1) is 48.6. The Bertz CT molecular complexity index is 4180. The summed E-state index contributed by atoms with van der Waals surface area (Å²) in [5.41, 5.74) is 8.61. The molecule has 0 radical (unpaired) electrons. The van der Waals surface area contributed by atoms with Gasteiger partial charge in [0, 0.05) is 103 Å². The van der Waals surface area contributed by atoms with Crippen LogP contribution in [0.3, 0.4) is 0 Å². The van der Waals surface area contributed by atoms with Gasteiger partial charge in [-0.05, 0) is 48.6 Å². The fraction of sp³-hybridized carbons (Fsp3) is 0.369. The molecule has 3 aliphatic rings. The zero-order valence-corrected chi connectivity index (χ0v) is 56.5. The van der Waals surface area contributed by atoms with Crippen LogP contribution in [0.5, 0.6) is 0 Å². The number of benzene rings is 3. The van der Waals surface area contributed by atoms with E-state index >= 15 is 28.8 Å². The Labute approximate surface area is 587 Å². The number of aromatic amines is 4. The van der Waals surface area contributed by atoms with Gasteiger partial charge >= 0.3 is 11.9 Å². The smallest absolute Gasteiger partial charge is 0.303 e. The minimum Gasteiger partial charge on any atom is -0.481 e. The van der Waals surface area contributed by atoms with Crippen molar-refractivity contribution in [1.29, 1.82) is 0 Å². The lowest BCUT2D eigenvalue weighted by Gasteiger charge is -2.31. The lowest BCUT2D eigenvalue weighted by Crippen LogP contribution is -2.62. The van der Waals surface area contributed by atoms with Crippen molar-refractivity contribution < 1.29 is 72.5 Å². The topological polar surface area (TPSA) is 487 Å². The average Bonchev–Trinajstić information content (AvgIpc) is 1.78. The van der Waals surface area contributed by atoms with Crippen molar-refractivity contribution in [3.8, 4) is 0 Å². The van der Waals surface area contributed by atoms with E-state index in [1.165, 1.54) is 36.9 Å². The van der Waals surface area contributed by atoms with Crippen molar-refractivity contribution in [3.05, 3.63) is 144 Å². The number of carbonyl (C=O) groups excluding carboxylic acids is 11. The zero-order valence-electron chi connectivity index (χ0n) is 54.1. The van der Waals surface area contributed by atoms with E-state index in [9.17, 15) is 43.8 Å². The normalized spacial score (nSPS) is 24.6. The number of imidazole rings is 2. The van der Waals surface area contributed by atoms with Crippen molar-refractivity contribution in [2.24, 2.45) is 0 Å². The Morgan fingerprint density at radius 2 is 0.960 bits per heavy atom. The molecule has 17 N–H and O–H groups in total. The van der Waals surface area contributed by atoms with Crippen molar-refractivity contribution >= 4 is 132 Å². The molecule has 4 aromatic heterocycles. The molecular weight excluding hydrogens is 1370 g/mol. The number of nitrogens with zero attached hydrogens (tertiary/aromatic N) is 3. The number of aliphatic carboxylic acids is 2. The number of aromatic nitrogens is 6. The van der Waals surface area contributed by atoms with Crippen molar-refractivity contribution in [2.45, 2.75) is 131 Å². The first kappa shape index (κ1) is 73.0. The number of hydrogen-bond donors (Lipinski definition) is 17. The number of carboxylic acid groups (broad SMARTS) is 2. The third kappa shape index (κ3) is 19.6. The van der Waals surface area contributed by atoms with Gasteiger partial charge in [0.15, 0.2) is 5.37 Å². The third-order valence-electron chi connectivity index (χ3n) is 16.9. The highest BCUT2D eigenvalue weighted by molar-refractivity contribution is 8.77. The number of carboxylic acids is 2. The Morgan fingerprint density at radius 1 is 0.485 bits per heavy atom. The van der Waals surface area contributed by atoms with E-state index in [4.69, 9.17) is 0 Å². The molecule has 0 aliphatic carbocycles. The zero-order chi connectivity index (χ0) is 71.7. The minimum atomic E-state index is -1.73. The molecule has 0 saturated carbocycles. The summed E-state index contributed by atoms with van der Waals surface area (Å²) in [6.45, 7) is 1.21. The second-order valence-electron chi connectivity index (χ2n) is 24.1. The van der Waals surface area contributed by atoms with Gasteiger partial charge in [0.05, 0.1) is 29.9 Å². The minimum absolute atomic E-state index is 0.0400. The molecule has 101 heavy (non-hydrogen) atoms. The molecule has 10 rings (SSSR count). The number of H-pyrrole nitrogens is 4. The molecule has 36 heteroatoms. The van der Waals surface area contributed by atoms with Gasteiger partial charge in [-0.2, -0.15) is 0 Å². The number of amides is 11. The summed E-state index contributed by atoms with van der Waals surface area (Å²) in [5.74, 6) is -14.2. The lowest BCUT2D eigenvalue weighted by molar-refractivity contribution is -0.140. The number of para-hydroxylation sites is 2. The third-order valence-corrected chi connectivity index (χ3v) is 20.5. The van der Waals surface area contributed by atoms with Crippen molar-refractivity contribution in [2.75, 3.05) is 17.4 Å². The molecule has 11 amide bonds. The van der Waals surface area contributed by atoms with Gasteiger partial charge in [0.2, 0.25) is 53.2 Å². The van der Waals surface area contributed by atoms with Gasteiger partial charge in [0.1, 0.15) is 60.4 Å². The lowest BCUT2D eigenvalue weighted by atomic mass is 10.0. The fourth-order valence-corrected chi connectivity index (χ4v) is 15.1. The first-order valence-electron chi connectivity index (χ1n) is 32.1. The Morgan fingerprint density at radius 3 is 1.52 bits per heavy atom. The van der Waals surface area contributed by atoms with Crippen LogP contribution in [-0.2, 0) is 94.4 Å². The molecule has 7 heterocycles. The SMILES string of the molecule is C[C@@H]1NC(=O)[C@@H]2CSSC(NC(=O)[C@H](Cc3c[nH]c4ccccc34)NNC(=O)[C@H](CCC(=O)O)NC(=O)[C@H](CCC(=O)O)NC1=O)C(=O)N1CSC[C@H]1C(=O)N[C@@H](Cc1c[nH]cn1)C(=O)N[C@H](Cc1ccccc1)C(=O)N[C@@H](Cc1c[nH]cn1)C(=O)N[C@@H](Cc1c[nH]c3ccccc13)C(=O)N2. The standard InChI is InChI=1S/C65H74N18O15S3/c1-33-54(88)73-43(15-17-52(84)85)55(89)74-44(16-18-53(86)87)62(96)82-81-49(21-36-25-69-42-14-8-6-12-40(36)42)60(94)80-64-65(98)83-32-99-29-51(83)63(97)78-48(23-38-27-67-31-71-38)59(93)75-45(19-34-9-3-2-4-10-34)56(90)77-47(22-37-26-66-30-70-37)58(92)76-46(20-35-24-68-41-13-7-5-11-39(35)41)57(91)79-50(28-100-101-64)61(95)72-33/h2-14,24-27,30-31,33,43-51,64,68-69,81H,15-23,28-29,32H2,1H3,(H,66,70)(H,67,71)(H,72,95)(H,73,88)(H,74,89)(H,75,93)(H,76,92)(H,77,90)(H,78,97)(H,79,91)(H,80,94)(H,82,96)(H,84,85)(H,86,87)/t33-,43-,44-,45+,46-,47-,48-,49-,50-,51-,64?/m0/s1. The van der Waals surface area contributed by atoms with Crippen LogP contribution in [0.15, 0.2) is 116 Å². The van der Waals surface area contributed by atoms with Crippen LogP contribution in [0.4, 0.5) is 0 Å². The number of nitrogens with one attached hydrogen (secondary N) is 15. The van der Waals surface area contributed by atoms with E-state index in [1.807, 2.05) is 0 Å². The quantitative estimate of drug-likeness (QED) is 0.0515. The highest BCUT2D eigenvalue weighted by Gasteiger charge is 2.43. The first-order valence-corrected chi connectivity index (χ1v) is 35.7. The molecule has 11 atom stereocenters. The predicted molar refractivity (Wildman–Crippen MR) is 369 cm³/mol. The number of thioether (sulfide) groups is 1. The van der Waals surface area contributed by atoms with Crippen LogP contribution < -0.4 is 58.7 Å². The Kier molecular flexibility index (Phi) is 24.8. The van der Waals surface area contributed by atoms with Crippen LogP contribution in [-0.4, -0.2) is 205 Å². The second-order valence-corrected chi connectivity index (χ2v) is 27.7. The maximum absolute atomic E-state index is 15.5. The predicted octanol–water partition coefficient (Wildman–Crippen LogP) is -1.02. The van der Waals surface area contributed by atoms with Crippen molar-refractivity contribution in [1.82, 2.24) is 93.5 Å². The van der Waals surface area contributed by atoms with Gasteiger partial charge in [-0.25, -0.2) is 15.4 Å². The molecule has 33 nitrogen and oxygen atoms in total. The van der Waals surface area contributed by atoms with Gasteiger partial charge in [0.25, 0.3) is 11.8 Å². The summed E-state index contributed by atoms with van der Waals surface area (Å²) in [7, 11) is 1.46. The maximum atomic E-state index is 15.5. The van der Waals surface area contributed by atoms with Gasteiger partial charge < -0.3 is 82.9 Å². The van der Waals surface area contributed by atoms with E-state index in [-0.39, 0.29) is 49.4 Å². The maximum Gasteiger partial charge on any atom is 0.303 e. The second kappa shape index (κ2) is 34.4. The Balaban J connectivity index is 1.08. The van der Waals surface area contributed by atoms with Crippen LogP contribution >= 0.6 is 33.3 Å². The summed E-state index contributed by atoms with van der Waals surface area (Å²) in [4.78, 5) is 210. The van der Waals surface area contributed by atoms with Gasteiger partial charge in [-0.1, -0.05) is 88.3 Å². The molecular formula is C65H74N18O15S3. The van der Waals surface area contributed by atoms with Crippen molar-refractivity contribution in [3.63, 3.8) is 0 Å². The van der Waals surface area contributed by atoms with Gasteiger partial charge in [-0.3, -0.25) is 67.8 Å². The fourth-order valence-electron chi connectivity index (χ4n) is 11.5. The van der Waals surface area contributed by atoms with E-state index in [0.29, 0.717) is 55.0 Å². The number of hydrogen-bond acceptors (Lipinski definition) is 19. The summed E-state index contributed by atoms with van der Waals surface area (Å²) in [6, 6.07) is 6.95. The average molecular weight is 1440 g/mol. The highest BCUT2D eigenvalue weighted by Crippen LogP contribution is 2.32. The van der Waals surface area contributed by atoms with Crippen LogP contribution in [0.25, 0.3) is 21.8 Å². The Hall–Kier alpha value is -10.7. The van der Waals surface area contributed by atoms with E-state index in [0.717, 1.165) is 22.6 Å². The largest absolute Gasteiger partial charge is 0.481 e. The molecule has 3 fully saturated rings. The molecule has 1 unspecified atom stereocenters.